The van der Waals surface area contributed by atoms with Crippen molar-refractivity contribution in [2.75, 3.05) is 0 Å². The largest absolute Gasteiger partial charge is 0.508 e. The lowest BCUT2D eigenvalue weighted by atomic mass is 10.0. The summed E-state index contributed by atoms with van der Waals surface area (Å²) in [5.74, 6) is 0.906. The quantitative estimate of drug-likeness (QED) is 0.681. The number of aromatic hydroxyl groups is 1. The van der Waals surface area contributed by atoms with Gasteiger partial charge in [-0.1, -0.05) is 42.5 Å². The minimum atomic E-state index is -0.223. The molecule has 0 saturated heterocycles. The number of rotatable bonds is 5. The van der Waals surface area contributed by atoms with Crippen molar-refractivity contribution in [2.45, 2.75) is 19.6 Å². The van der Waals surface area contributed by atoms with E-state index in [1.807, 2.05) is 72.8 Å². The summed E-state index contributed by atoms with van der Waals surface area (Å²) in [6.07, 6.45) is 2.01. The summed E-state index contributed by atoms with van der Waals surface area (Å²) in [7, 11) is 0. The number of carbonyl (C=O) groups is 1. The van der Waals surface area contributed by atoms with Crippen LogP contribution in [0, 0.1) is 0 Å². The second kappa shape index (κ2) is 8.10. The fraction of sp³-hybridized carbons (Fsp3) is 0.125. The first-order valence-corrected chi connectivity index (χ1v) is 9.44. The number of benzene rings is 3. The van der Waals surface area contributed by atoms with Crippen LogP contribution in [0.25, 0.3) is 5.70 Å². The van der Waals surface area contributed by atoms with Crippen LogP contribution in [0.2, 0.25) is 0 Å². The van der Waals surface area contributed by atoms with Crippen LogP contribution in [0.4, 0.5) is 0 Å². The van der Waals surface area contributed by atoms with E-state index in [0.717, 1.165) is 28.1 Å². The Labute approximate surface area is 169 Å². The van der Waals surface area contributed by atoms with Gasteiger partial charge in [-0.2, -0.15) is 0 Å². The molecule has 146 valence electrons. The number of nitrogens with one attached hydrogen (secondary N) is 1. The SMILES string of the molecule is CC(=O)N1NC(c2ccc(O)cc2)=C[C@H]1c1ccc(OCc2ccccc2)cc1. The van der Waals surface area contributed by atoms with Crippen LogP contribution in [0.3, 0.4) is 0 Å². The Kier molecular flexibility index (Phi) is 5.20. The maximum absolute atomic E-state index is 12.2. The highest BCUT2D eigenvalue weighted by atomic mass is 16.5. The molecule has 1 amide bonds. The predicted molar refractivity (Wildman–Crippen MR) is 112 cm³/mol. The second-order valence-corrected chi connectivity index (χ2v) is 6.92. The smallest absolute Gasteiger partial charge is 0.238 e. The van der Waals surface area contributed by atoms with Gasteiger partial charge in [-0.25, -0.2) is 5.01 Å². The summed E-state index contributed by atoms with van der Waals surface area (Å²) in [5, 5.41) is 11.1. The normalized spacial score (nSPS) is 15.6. The molecule has 0 saturated carbocycles. The van der Waals surface area contributed by atoms with Gasteiger partial charge < -0.3 is 9.84 Å². The lowest BCUT2D eigenvalue weighted by molar-refractivity contribution is -0.132. The zero-order valence-corrected chi connectivity index (χ0v) is 16.1. The highest BCUT2D eigenvalue weighted by molar-refractivity contribution is 5.79. The number of carbonyl (C=O) groups excluding carboxylic acids is 1. The molecule has 0 fully saturated rings. The van der Waals surface area contributed by atoms with E-state index in [9.17, 15) is 9.90 Å². The zero-order chi connectivity index (χ0) is 20.2. The van der Waals surface area contributed by atoms with Crippen molar-refractivity contribution >= 4 is 11.6 Å². The molecule has 0 bridgehead atoms. The Morgan fingerprint density at radius 2 is 1.69 bits per heavy atom. The molecule has 3 aromatic carbocycles. The number of phenolic OH excluding ortho intramolecular Hbond substituents is 1. The van der Waals surface area contributed by atoms with Crippen LogP contribution >= 0.6 is 0 Å². The molecule has 1 heterocycles. The Morgan fingerprint density at radius 3 is 2.34 bits per heavy atom. The Morgan fingerprint density at radius 1 is 1.00 bits per heavy atom. The number of hydrogen-bond acceptors (Lipinski definition) is 4. The van der Waals surface area contributed by atoms with Crippen molar-refractivity contribution in [1.29, 1.82) is 0 Å². The molecule has 0 aliphatic carbocycles. The van der Waals surface area contributed by atoms with Crippen LogP contribution in [0.1, 0.15) is 29.7 Å². The average Bonchev–Trinajstić information content (AvgIpc) is 3.20. The van der Waals surface area contributed by atoms with Gasteiger partial charge in [-0.3, -0.25) is 10.2 Å². The second-order valence-electron chi connectivity index (χ2n) is 6.92. The maximum atomic E-state index is 12.2. The third-order valence-corrected chi connectivity index (χ3v) is 4.83. The van der Waals surface area contributed by atoms with E-state index in [1.54, 1.807) is 17.1 Å². The van der Waals surface area contributed by atoms with Gasteiger partial charge in [-0.15, -0.1) is 0 Å². The number of hydrogen-bond donors (Lipinski definition) is 2. The van der Waals surface area contributed by atoms with Crippen LogP contribution in [-0.2, 0) is 11.4 Å². The van der Waals surface area contributed by atoms with Crippen LogP contribution in [0.5, 0.6) is 11.5 Å². The van der Waals surface area contributed by atoms with Crippen LogP contribution in [0.15, 0.2) is 84.9 Å². The molecule has 2 N–H and O–H groups in total. The van der Waals surface area contributed by atoms with Gasteiger partial charge in [0.05, 0.1) is 11.7 Å². The summed E-state index contributed by atoms with van der Waals surface area (Å²) in [6, 6.07) is 24.5. The Bertz CT molecular complexity index is 1010. The monoisotopic (exact) mass is 386 g/mol. The third-order valence-electron chi connectivity index (χ3n) is 4.83. The standard InChI is InChI=1S/C24H22N2O3/c1-17(27)26-24(15-23(25-26)19-7-11-21(28)12-8-19)20-9-13-22(14-10-20)29-16-18-5-3-2-4-6-18/h2-15,24-25,28H,16H2,1H3/t24-/m0/s1. The first-order valence-electron chi connectivity index (χ1n) is 9.44. The number of phenols is 1. The minimum Gasteiger partial charge on any atom is -0.508 e. The molecular weight excluding hydrogens is 364 g/mol. The van der Waals surface area contributed by atoms with E-state index < -0.39 is 0 Å². The molecule has 0 radical (unpaired) electrons. The average molecular weight is 386 g/mol. The molecule has 3 aromatic rings. The molecule has 0 spiro atoms. The van der Waals surface area contributed by atoms with Gasteiger partial charge in [0.25, 0.3) is 0 Å². The minimum absolute atomic E-state index is 0.0792. The first-order chi connectivity index (χ1) is 14.1. The van der Waals surface area contributed by atoms with Crippen molar-refractivity contribution < 1.29 is 14.6 Å². The molecule has 4 rings (SSSR count). The van der Waals surface area contributed by atoms with Gasteiger partial charge in [-0.05, 0) is 59.2 Å². The molecule has 5 nitrogen and oxygen atoms in total. The molecule has 0 aromatic heterocycles. The topological polar surface area (TPSA) is 61.8 Å². The van der Waals surface area contributed by atoms with Crippen molar-refractivity contribution in [3.8, 4) is 11.5 Å². The summed E-state index contributed by atoms with van der Waals surface area (Å²) in [5.41, 5.74) is 6.99. The number of amides is 1. The highest BCUT2D eigenvalue weighted by Gasteiger charge is 2.28. The molecule has 0 unspecified atom stereocenters. The number of ether oxygens (including phenoxy) is 1. The molecule has 1 aliphatic heterocycles. The van der Waals surface area contributed by atoms with Crippen LogP contribution < -0.4 is 10.2 Å². The van der Waals surface area contributed by atoms with Gasteiger partial charge in [0.1, 0.15) is 18.1 Å². The fourth-order valence-electron chi connectivity index (χ4n) is 3.29. The van der Waals surface area contributed by atoms with Gasteiger partial charge in [0.15, 0.2) is 0 Å². The van der Waals surface area contributed by atoms with E-state index in [0.29, 0.717) is 6.61 Å². The van der Waals surface area contributed by atoms with E-state index in [1.165, 1.54) is 6.92 Å². The fourth-order valence-corrected chi connectivity index (χ4v) is 3.29. The van der Waals surface area contributed by atoms with Crippen molar-refractivity contribution in [3.63, 3.8) is 0 Å². The van der Waals surface area contributed by atoms with Crippen molar-refractivity contribution in [1.82, 2.24) is 10.4 Å². The van der Waals surface area contributed by atoms with E-state index in [2.05, 4.69) is 5.43 Å². The number of nitrogens with zero attached hydrogens (tertiary/aromatic N) is 1. The Balaban J connectivity index is 1.51. The summed E-state index contributed by atoms with van der Waals surface area (Å²) >= 11 is 0. The summed E-state index contributed by atoms with van der Waals surface area (Å²) < 4.78 is 5.85. The maximum Gasteiger partial charge on any atom is 0.238 e. The zero-order valence-electron chi connectivity index (χ0n) is 16.1. The highest BCUT2D eigenvalue weighted by Crippen LogP contribution is 2.32. The molecule has 5 heteroatoms. The lowest BCUT2D eigenvalue weighted by Gasteiger charge is -2.24. The van der Waals surface area contributed by atoms with Crippen LogP contribution in [-0.4, -0.2) is 16.0 Å². The van der Waals surface area contributed by atoms with Gasteiger partial charge >= 0.3 is 0 Å². The predicted octanol–water partition coefficient (Wildman–Crippen LogP) is 4.42. The van der Waals surface area contributed by atoms with E-state index in [-0.39, 0.29) is 17.7 Å². The van der Waals surface area contributed by atoms with E-state index >= 15 is 0 Å². The Hall–Kier alpha value is -3.73. The lowest BCUT2D eigenvalue weighted by Crippen LogP contribution is -2.37. The molecular formula is C24H22N2O3. The summed E-state index contributed by atoms with van der Waals surface area (Å²) in [4.78, 5) is 12.2. The summed E-state index contributed by atoms with van der Waals surface area (Å²) in [6.45, 7) is 2.04. The van der Waals surface area contributed by atoms with Gasteiger partial charge in [0, 0.05) is 6.92 Å². The van der Waals surface area contributed by atoms with Gasteiger partial charge in [0.2, 0.25) is 5.91 Å². The molecule has 1 aliphatic rings. The van der Waals surface area contributed by atoms with Crippen molar-refractivity contribution in [3.05, 3.63) is 102 Å². The molecule has 29 heavy (non-hydrogen) atoms. The van der Waals surface area contributed by atoms with E-state index in [4.69, 9.17) is 4.74 Å². The molecule has 1 atom stereocenters. The first kappa shape index (κ1) is 18.6. The van der Waals surface area contributed by atoms with Crippen molar-refractivity contribution in [2.24, 2.45) is 0 Å². The third kappa shape index (κ3) is 4.24. The number of hydrazine groups is 1.